The maximum atomic E-state index is 11.7. The van der Waals surface area contributed by atoms with E-state index in [9.17, 15) is 4.79 Å². The highest BCUT2D eigenvalue weighted by Gasteiger charge is 2.16. The van der Waals surface area contributed by atoms with Crippen molar-refractivity contribution in [1.29, 1.82) is 0 Å². The second kappa shape index (κ2) is 4.96. The van der Waals surface area contributed by atoms with Crippen molar-refractivity contribution < 1.29 is 4.79 Å². The van der Waals surface area contributed by atoms with E-state index >= 15 is 0 Å². The molecule has 1 saturated carbocycles. The van der Waals surface area contributed by atoms with Crippen LogP contribution in [0.3, 0.4) is 0 Å². The summed E-state index contributed by atoms with van der Waals surface area (Å²) in [5.41, 5.74) is 5.92. The van der Waals surface area contributed by atoms with Crippen LogP contribution < -0.4 is 11.1 Å². The van der Waals surface area contributed by atoms with Gasteiger partial charge in [-0.15, -0.1) is 0 Å². The summed E-state index contributed by atoms with van der Waals surface area (Å²) in [6.45, 7) is 0.759. The minimum Gasteiger partial charge on any atom is -0.384 e. The van der Waals surface area contributed by atoms with Crippen molar-refractivity contribution in [3.05, 3.63) is 23.9 Å². The number of nitrogens with two attached hydrogens (primary N) is 1. The Morgan fingerprint density at radius 2 is 2.19 bits per heavy atom. The molecule has 1 heterocycles. The first-order valence-corrected chi connectivity index (χ1v) is 5.76. The van der Waals surface area contributed by atoms with Crippen LogP contribution in [0.5, 0.6) is 0 Å². The Kier molecular flexibility index (Phi) is 3.39. The zero-order chi connectivity index (χ0) is 11.4. The second-order valence-electron chi connectivity index (χ2n) is 4.31. The number of carbonyl (C=O) groups is 1. The van der Waals surface area contributed by atoms with Crippen molar-refractivity contribution in [1.82, 2.24) is 10.3 Å². The first kappa shape index (κ1) is 10.9. The molecule has 0 aliphatic heterocycles. The highest BCUT2D eigenvalue weighted by molar-refractivity contribution is 5.92. The van der Waals surface area contributed by atoms with Crippen molar-refractivity contribution in [2.75, 3.05) is 12.3 Å². The average molecular weight is 219 g/mol. The van der Waals surface area contributed by atoms with E-state index in [1.807, 2.05) is 0 Å². The quantitative estimate of drug-likeness (QED) is 0.811. The molecular formula is C12H17N3O. The minimum atomic E-state index is -0.126. The molecule has 4 heteroatoms. The predicted molar refractivity (Wildman–Crippen MR) is 62.9 cm³/mol. The number of hydrogen-bond donors (Lipinski definition) is 2. The van der Waals surface area contributed by atoms with Gasteiger partial charge in [0.2, 0.25) is 0 Å². The number of amides is 1. The Morgan fingerprint density at radius 1 is 1.44 bits per heavy atom. The van der Waals surface area contributed by atoms with Gasteiger partial charge in [0.05, 0.1) is 0 Å². The Morgan fingerprint density at radius 3 is 2.88 bits per heavy atom. The van der Waals surface area contributed by atoms with Crippen LogP contribution in [0.15, 0.2) is 18.2 Å². The van der Waals surface area contributed by atoms with E-state index in [4.69, 9.17) is 5.73 Å². The third-order valence-corrected chi connectivity index (χ3v) is 3.03. The summed E-state index contributed by atoms with van der Waals surface area (Å²) in [7, 11) is 0. The van der Waals surface area contributed by atoms with Crippen LogP contribution >= 0.6 is 0 Å². The maximum Gasteiger partial charge on any atom is 0.269 e. The lowest BCUT2D eigenvalue weighted by Gasteiger charge is -2.10. The molecule has 1 aliphatic rings. The second-order valence-corrected chi connectivity index (χ2v) is 4.31. The average Bonchev–Trinajstić information content (AvgIpc) is 2.78. The summed E-state index contributed by atoms with van der Waals surface area (Å²) in [5, 5.41) is 2.91. The van der Waals surface area contributed by atoms with Gasteiger partial charge in [-0.2, -0.15) is 0 Å². The molecule has 0 radical (unpaired) electrons. The van der Waals surface area contributed by atoms with Crippen LogP contribution in [0.25, 0.3) is 0 Å². The smallest absolute Gasteiger partial charge is 0.269 e. The van der Waals surface area contributed by atoms with Crippen molar-refractivity contribution >= 4 is 11.7 Å². The molecule has 1 amide bonds. The zero-order valence-electron chi connectivity index (χ0n) is 9.28. The molecule has 86 valence electrons. The molecular weight excluding hydrogens is 202 g/mol. The molecule has 4 nitrogen and oxygen atoms in total. The first-order chi connectivity index (χ1) is 7.75. The summed E-state index contributed by atoms with van der Waals surface area (Å²) in [5.74, 6) is 0.901. The predicted octanol–water partition coefficient (Wildman–Crippen LogP) is 1.58. The minimum absolute atomic E-state index is 0.126. The van der Waals surface area contributed by atoms with Gasteiger partial charge in [0, 0.05) is 6.54 Å². The fraction of sp³-hybridized carbons (Fsp3) is 0.500. The van der Waals surface area contributed by atoms with E-state index in [0.29, 0.717) is 17.4 Å². The molecule has 3 N–H and O–H groups in total. The summed E-state index contributed by atoms with van der Waals surface area (Å²) < 4.78 is 0. The van der Waals surface area contributed by atoms with Crippen LogP contribution in [0, 0.1) is 5.92 Å². The molecule has 0 atom stereocenters. The van der Waals surface area contributed by atoms with Gasteiger partial charge in [0.15, 0.2) is 0 Å². The van der Waals surface area contributed by atoms with E-state index < -0.39 is 0 Å². The fourth-order valence-electron chi connectivity index (χ4n) is 2.12. The molecule has 1 fully saturated rings. The third kappa shape index (κ3) is 2.72. The van der Waals surface area contributed by atoms with Crippen LogP contribution in [0.2, 0.25) is 0 Å². The Balaban J connectivity index is 1.87. The maximum absolute atomic E-state index is 11.7. The Bertz CT molecular complexity index is 372. The summed E-state index contributed by atoms with van der Waals surface area (Å²) in [4.78, 5) is 15.7. The van der Waals surface area contributed by atoms with Gasteiger partial charge in [0.25, 0.3) is 5.91 Å². The molecule has 1 aromatic heterocycles. The lowest BCUT2D eigenvalue weighted by molar-refractivity contribution is 0.0942. The third-order valence-electron chi connectivity index (χ3n) is 3.03. The Labute approximate surface area is 95.3 Å². The number of rotatable bonds is 3. The van der Waals surface area contributed by atoms with E-state index in [-0.39, 0.29) is 5.91 Å². The van der Waals surface area contributed by atoms with E-state index in [1.54, 1.807) is 18.2 Å². The van der Waals surface area contributed by atoms with Gasteiger partial charge in [0.1, 0.15) is 11.5 Å². The number of anilines is 1. The van der Waals surface area contributed by atoms with E-state index in [2.05, 4.69) is 10.3 Å². The Hall–Kier alpha value is -1.58. The molecule has 2 rings (SSSR count). The van der Waals surface area contributed by atoms with Gasteiger partial charge in [-0.1, -0.05) is 18.9 Å². The SMILES string of the molecule is Nc1cccc(C(=O)NCC2CCCC2)n1. The molecule has 0 aromatic carbocycles. The fourth-order valence-corrected chi connectivity index (χ4v) is 2.12. The van der Waals surface area contributed by atoms with Crippen molar-refractivity contribution in [2.24, 2.45) is 5.92 Å². The number of carbonyl (C=O) groups excluding carboxylic acids is 1. The normalized spacial score (nSPS) is 16.2. The van der Waals surface area contributed by atoms with Gasteiger partial charge in [-0.25, -0.2) is 4.98 Å². The lowest BCUT2D eigenvalue weighted by atomic mass is 10.1. The number of hydrogen-bond acceptors (Lipinski definition) is 3. The largest absolute Gasteiger partial charge is 0.384 e. The lowest BCUT2D eigenvalue weighted by Crippen LogP contribution is -2.29. The molecule has 0 spiro atoms. The molecule has 1 aliphatic carbocycles. The number of nitrogen functional groups attached to an aromatic ring is 1. The van der Waals surface area contributed by atoms with Crippen LogP contribution in [0.4, 0.5) is 5.82 Å². The molecule has 0 unspecified atom stereocenters. The number of nitrogens with zero attached hydrogens (tertiary/aromatic N) is 1. The van der Waals surface area contributed by atoms with E-state index in [1.165, 1.54) is 25.7 Å². The number of pyridine rings is 1. The van der Waals surface area contributed by atoms with Crippen molar-refractivity contribution in [3.63, 3.8) is 0 Å². The van der Waals surface area contributed by atoms with Gasteiger partial charge >= 0.3 is 0 Å². The molecule has 16 heavy (non-hydrogen) atoms. The summed E-state index contributed by atoms with van der Waals surface area (Å²) in [6, 6.07) is 5.10. The van der Waals surface area contributed by atoms with Gasteiger partial charge in [-0.05, 0) is 30.9 Å². The first-order valence-electron chi connectivity index (χ1n) is 5.76. The monoisotopic (exact) mass is 219 g/mol. The summed E-state index contributed by atoms with van der Waals surface area (Å²) in [6.07, 6.45) is 5.03. The van der Waals surface area contributed by atoms with Crippen molar-refractivity contribution in [2.45, 2.75) is 25.7 Å². The topological polar surface area (TPSA) is 68.0 Å². The number of nitrogens with one attached hydrogen (secondary N) is 1. The summed E-state index contributed by atoms with van der Waals surface area (Å²) >= 11 is 0. The molecule has 0 saturated heterocycles. The standard InChI is InChI=1S/C12H17N3O/c13-11-7-3-6-10(15-11)12(16)14-8-9-4-1-2-5-9/h3,6-7,9H,1-2,4-5,8H2,(H2,13,15)(H,14,16). The van der Waals surface area contributed by atoms with Crippen LogP contribution in [0.1, 0.15) is 36.2 Å². The van der Waals surface area contributed by atoms with E-state index in [0.717, 1.165) is 6.54 Å². The molecule has 0 bridgehead atoms. The van der Waals surface area contributed by atoms with Crippen LogP contribution in [-0.4, -0.2) is 17.4 Å². The molecule has 1 aromatic rings. The highest BCUT2D eigenvalue weighted by atomic mass is 16.1. The highest BCUT2D eigenvalue weighted by Crippen LogP contribution is 2.23. The van der Waals surface area contributed by atoms with Gasteiger partial charge in [-0.3, -0.25) is 4.79 Å². The van der Waals surface area contributed by atoms with Gasteiger partial charge < -0.3 is 11.1 Å². The number of aromatic nitrogens is 1. The van der Waals surface area contributed by atoms with Crippen LogP contribution in [-0.2, 0) is 0 Å². The van der Waals surface area contributed by atoms with Crippen molar-refractivity contribution in [3.8, 4) is 0 Å². The zero-order valence-corrected chi connectivity index (χ0v) is 9.28.